The molecule has 0 fully saturated rings. The maximum atomic E-state index is 4.71. The van der Waals surface area contributed by atoms with Crippen LogP contribution >= 0.6 is 27.3 Å². The highest BCUT2D eigenvalue weighted by Gasteiger charge is 2.16. The quantitative estimate of drug-likeness (QED) is 0.803. The molecule has 0 aliphatic rings. The molecule has 0 aliphatic heterocycles. The average molecular weight is 369 g/mol. The number of nitrogens with one attached hydrogen (secondary N) is 1. The molecule has 2 rings (SSSR count). The highest BCUT2D eigenvalue weighted by Crippen LogP contribution is 2.30. The average Bonchev–Trinajstić information content (AvgIpc) is 2.86. The van der Waals surface area contributed by atoms with Gasteiger partial charge in [-0.25, -0.2) is 15.0 Å². The summed E-state index contributed by atoms with van der Waals surface area (Å²) < 4.78 is 0.974. The third-order valence-electron chi connectivity index (χ3n) is 2.87. The Labute approximate surface area is 138 Å². The molecule has 0 amide bonds. The summed E-state index contributed by atoms with van der Waals surface area (Å²) >= 11 is 5.24. The van der Waals surface area contributed by atoms with Crippen molar-refractivity contribution in [1.82, 2.24) is 15.0 Å². The van der Waals surface area contributed by atoms with Gasteiger partial charge in [-0.3, -0.25) is 0 Å². The van der Waals surface area contributed by atoms with E-state index in [0.717, 1.165) is 46.1 Å². The largest absolute Gasteiger partial charge is 0.369 e. The molecule has 2 heterocycles. The molecular formula is C15H21BrN4S. The van der Waals surface area contributed by atoms with Crippen LogP contribution in [0.15, 0.2) is 9.85 Å². The number of thiazole rings is 1. The first-order valence-electron chi connectivity index (χ1n) is 7.24. The SMILES string of the molecule is CCCNc1nc(-c2nc(C)cs2)nc(CC(C)C)c1Br. The van der Waals surface area contributed by atoms with Crippen LogP contribution in [0.5, 0.6) is 0 Å². The van der Waals surface area contributed by atoms with Crippen LogP contribution in [0.3, 0.4) is 0 Å². The third kappa shape index (κ3) is 4.23. The summed E-state index contributed by atoms with van der Waals surface area (Å²) in [6, 6.07) is 0. The molecule has 0 unspecified atom stereocenters. The summed E-state index contributed by atoms with van der Waals surface area (Å²) in [7, 11) is 0. The van der Waals surface area contributed by atoms with E-state index >= 15 is 0 Å². The molecule has 0 radical (unpaired) electrons. The number of aromatic nitrogens is 3. The van der Waals surface area contributed by atoms with Gasteiger partial charge in [0.2, 0.25) is 0 Å². The van der Waals surface area contributed by atoms with Crippen LogP contribution in [0.1, 0.15) is 38.6 Å². The van der Waals surface area contributed by atoms with Gasteiger partial charge in [0.15, 0.2) is 10.8 Å². The summed E-state index contributed by atoms with van der Waals surface area (Å²) in [6.45, 7) is 9.42. The lowest BCUT2D eigenvalue weighted by Crippen LogP contribution is -2.09. The van der Waals surface area contributed by atoms with Crippen LogP contribution in [0.25, 0.3) is 10.8 Å². The van der Waals surface area contributed by atoms with Crippen molar-refractivity contribution in [2.45, 2.75) is 40.5 Å². The number of aryl methyl sites for hydroxylation is 1. The molecule has 0 saturated heterocycles. The van der Waals surface area contributed by atoms with Gasteiger partial charge in [0.25, 0.3) is 0 Å². The first-order chi connectivity index (χ1) is 10.0. The Morgan fingerprint density at radius 3 is 2.62 bits per heavy atom. The standard InChI is InChI=1S/C15H21BrN4S/c1-5-6-17-13-12(16)11(7-9(2)3)19-14(20-13)15-18-10(4)8-21-15/h8-9H,5-7H2,1-4H3,(H,17,19,20). The van der Waals surface area contributed by atoms with E-state index < -0.39 is 0 Å². The van der Waals surface area contributed by atoms with Crippen molar-refractivity contribution >= 4 is 33.1 Å². The van der Waals surface area contributed by atoms with Crippen molar-refractivity contribution in [3.05, 3.63) is 21.2 Å². The molecule has 0 aliphatic carbocycles. The van der Waals surface area contributed by atoms with E-state index in [-0.39, 0.29) is 0 Å². The lowest BCUT2D eigenvalue weighted by atomic mass is 10.1. The highest BCUT2D eigenvalue weighted by atomic mass is 79.9. The highest BCUT2D eigenvalue weighted by molar-refractivity contribution is 9.10. The van der Waals surface area contributed by atoms with E-state index in [4.69, 9.17) is 4.98 Å². The van der Waals surface area contributed by atoms with Crippen LogP contribution < -0.4 is 5.32 Å². The van der Waals surface area contributed by atoms with E-state index in [1.54, 1.807) is 11.3 Å². The predicted molar refractivity (Wildman–Crippen MR) is 92.9 cm³/mol. The molecule has 0 aromatic carbocycles. The van der Waals surface area contributed by atoms with Gasteiger partial charge in [0, 0.05) is 17.6 Å². The van der Waals surface area contributed by atoms with Gasteiger partial charge in [-0.2, -0.15) is 0 Å². The summed E-state index contributed by atoms with van der Waals surface area (Å²) in [5, 5.41) is 6.28. The zero-order valence-corrected chi connectivity index (χ0v) is 15.3. The van der Waals surface area contributed by atoms with Gasteiger partial charge in [0.05, 0.1) is 10.2 Å². The molecule has 2 aromatic rings. The Bertz CT molecular complexity index is 610. The molecule has 114 valence electrons. The van der Waals surface area contributed by atoms with E-state index in [9.17, 15) is 0 Å². The maximum Gasteiger partial charge on any atom is 0.191 e. The molecule has 1 N–H and O–H groups in total. The second kappa shape index (κ2) is 7.31. The number of hydrogen-bond donors (Lipinski definition) is 1. The molecular weight excluding hydrogens is 348 g/mol. The van der Waals surface area contributed by atoms with Crippen molar-refractivity contribution in [1.29, 1.82) is 0 Å². The smallest absolute Gasteiger partial charge is 0.191 e. The minimum Gasteiger partial charge on any atom is -0.369 e. The zero-order chi connectivity index (χ0) is 15.4. The van der Waals surface area contributed by atoms with Crippen molar-refractivity contribution in [2.75, 3.05) is 11.9 Å². The van der Waals surface area contributed by atoms with Gasteiger partial charge in [0.1, 0.15) is 5.82 Å². The summed E-state index contributed by atoms with van der Waals surface area (Å²) in [5.74, 6) is 2.12. The van der Waals surface area contributed by atoms with Gasteiger partial charge < -0.3 is 5.32 Å². The molecule has 21 heavy (non-hydrogen) atoms. The van der Waals surface area contributed by atoms with E-state index in [2.05, 4.69) is 52.0 Å². The minimum absolute atomic E-state index is 0.543. The fraction of sp³-hybridized carbons (Fsp3) is 0.533. The lowest BCUT2D eigenvalue weighted by molar-refractivity contribution is 0.632. The Kier molecular flexibility index (Phi) is 5.70. The van der Waals surface area contributed by atoms with Crippen LogP contribution in [0.4, 0.5) is 5.82 Å². The number of rotatable bonds is 6. The number of anilines is 1. The zero-order valence-electron chi connectivity index (χ0n) is 12.9. The molecule has 0 spiro atoms. The lowest BCUT2D eigenvalue weighted by Gasteiger charge is -2.13. The third-order valence-corrected chi connectivity index (χ3v) is 4.66. The fourth-order valence-electron chi connectivity index (χ4n) is 1.93. The van der Waals surface area contributed by atoms with Crippen molar-refractivity contribution in [2.24, 2.45) is 5.92 Å². The summed E-state index contributed by atoms with van der Waals surface area (Å²) in [6.07, 6.45) is 1.98. The normalized spacial score (nSPS) is 11.1. The van der Waals surface area contributed by atoms with Crippen LogP contribution in [0.2, 0.25) is 0 Å². The van der Waals surface area contributed by atoms with E-state index in [0.29, 0.717) is 11.7 Å². The van der Waals surface area contributed by atoms with Crippen molar-refractivity contribution in [3.8, 4) is 10.8 Å². The minimum atomic E-state index is 0.543. The van der Waals surface area contributed by atoms with Crippen molar-refractivity contribution < 1.29 is 0 Å². The molecule has 0 bridgehead atoms. The van der Waals surface area contributed by atoms with Gasteiger partial charge in [-0.1, -0.05) is 20.8 Å². The monoisotopic (exact) mass is 368 g/mol. The Morgan fingerprint density at radius 2 is 2.05 bits per heavy atom. The fourth-order valence-corrected chi connectivity index (χ4v) is 3.14. The molecule has 4 nitrogen and oxygen atoms in total. The number of nitrogens with zero attached hydrogens (tertiary/aromatic N) is 3. The van der Waals surface area contributed by atoms with Gasteiger partial charge in [-0.15, -0.1) is 11.3 Å². The maximum absolute atomic E-state index is 4.71. The Hall–Kier alpha value is -1.01. The molecule has 0 atom stereocenters. The number of hydrogen-bond acceptors (Lipinski definition) is 5. The van der Waals surface area contributed by atoms with Gasteiger partial charge >= 0.3 is 0 Å². The van der Waals surface area contributed by atoms with E-state index in [1.165, 1.54) is 0 Å². The first kappa shape index (κ1) is 16.4. The predicted octanol–water partition coefficient (Wildman–Crippen LogP) is 4.69. The van der Waals surface area contributed by atoms with Crippen LogP contribution in [-0.4, -0.2) is 21.5 Å². The molecule has 2 aromatic heterocycles. The molecule has 6 heteroatoms. The number of halogens is 1. The van der Waals surface area contributed by atoms with Crippen LogP contribution in [-0.2, 0) is 6.42 Å². The second-order valence-corrected chi connectivity index (χ2v) is 7.13. The topological polar surface area (TPSA) is 50.7 Å². The van der Waals surface area contributed by atoms with Crippen LogP contribution in [0, 0.1) is 12.8 Å². The first-order valence-corrected chi connectivity index (χ1v) is 8.91. The van der Waals surface area contributed by atoms with E-state index in [1.807, 2.05) is 12.3 Å². The summed E-state index contributed by atoms with van der Waals surface area (Å²) in [4.78, 5) is 13.9. The Balaban J connectivity index is 2.44. The summed E-state index contributed by atoms with van der Waals surface area (Å²) in [5.41, 5.74) is 2.05. The molecule has 0 saturated carbocycles. The van der Waals surface area contributed by atoms with Crippen molar-refractivity contribution in [3.63, 3.8) is 0 Å². The Morgan fingerprint density at radius 1 is 1.29 bits per heavy atom. The van der Waals surface area contributed by atoms with Gasteiger partial charge in [-0.05, 0) is 41.6 Å². The second-order valence-electron chi connectivity index (χ2n) is 5.48.